The second kappa shape index (κ2) is 12.2. The van der Waals surface area contributed by atoms with Gasteiger partial charge in [-0.1, -0.05) is 19.8 Å². The van der Waals surface area contributed by atoms with Crippen molar-refractivity contribution in [1.82, 2.24) is 25.3 Å². The molecule has 164 valence electrons. The summed E-state index contributed by atoms with van der Waals surface area (Å²) in [6.45, 7) is 8.75. The van der Waals surface area contributed by atoms with Gasteiger partial charge in [0.25, 0.3) is 0 Å². The van der Waals surface area contributed by atoms with E-state index in [0.717, 1.165) is 29.9 Å². The van der Waals surface area contributed by atoms with Crippen molar-refractivity contribution in [2.45, 2.75) is 65.1 Å². The van der Waals surface area contributed by atoms with Gasteiger partial charge in [-0.3, -0.25) is 9.39 Å². The van der Waals surface area contributed by atoms with Gasteiger partial charge in [0.15, 0.2) is 10.9 Å². The number of aliphatic imine (C=N–C) groups is 1. The lowest BCUT2D eigenvalue weighted by molar-refractivity contribution is 0.0523. The van der Waals surface area contributed by atoms with Crippen molar-refractivity contribution in [2.75, 3.05) is 13.6 Å². The van der Waals surface area contributed by atoms with Crippen LogP contribution in [0.5, 0.6) is 0 Å². The molecule has 8 nitrogen and oxygen atoms in total. The molecule has 2 aromatic heterocycles. The van der Waals surface area contributed by atoms with Crippen molar-refractivity contribution in [3.63, 3.8) is 0 Å². The van der Waals surface area contributed by atoms with E-state index < -0.39 is 11.7 Å². The molecule has 0 aliphatic heterocycles. The van der Waals surface area contributed by atoms with Gasteiger partial charge in [-0.2, -0.15) is 0 Å². The quantitative estimate of drug-likeness (QED) is 0.272. The molecular formula is C19H33IN6O2S. The summed E-state index contributed by atoms with van der Waals surface area (Å²) in [7, 11) is 1.74. The molecule has 3 N–H and O–H groups in total. The van der Waals surface area contributed by atoms with Gasteiger partial charge in [0, 0.05) is 37.4 Å². The van der Waals surface area contributed by atoms with E-state index in [2.05, 4.69) is 32.9 Å². The number of rotatable bonds is 8. The van der Waals surface area contributed by atoms with E-state index in [4.69, 9.17) is 4.74 Å². The molecule has 0 aromatic carbocycles. The minimum Gasteiger partial charge on any atom is -0.444 e. The molecule has 1 unspecified atom stereocenters. The summed E-state index contributed by atoms with van der Waals surface area (Å²) in [5.74, 6) is 0.684. The molecule has 0 aliphatic carbocycles. The number of carbonyl (C=O) groups excluding carboxylic acids is 1. The Morgan fingerprint density at radius 2 is 2.14 bits per heavy atom. The van der Waals surface area contributed by atoms with E-state index in [-0.39, 0.29) is 30.0 Å². The second-order valence-corrected chi connectivity index (χ2v) is 8.49. The number of ether oxygens (including phenoxy) is 1. The van der Waals surface area contributed by atoms with Gasteiger partial charge in [-0.15, -0.1) is 35.3 Å². The smallest absolute Gasteiger partial charge is 0.407 e. The molecule has 1 amide bonds. The molecule has 0 saturated heterocycles. The molecule has 0 aliphatic rings. The van der Waals surface area contributed by atoms with Crippen LogP contribution in [0.25, 0.3) is 4.96 Å². The summed E-state index contributed by atoms with van der Waals surface area (Å²) in [5, 5.41) is 11.5. The fourth-order valence-corrected chi connectivity index (χ4v) is 3.34. The molecule has 2 aromatic rings. The van der Waals surface area contributed by atoms with Gasteiger partial charge in [0.1, 0.15) is 5.60 Å². The highest BCUT2D eigenvalue weighted by Crippen LogP contribution is 2.11. The van der Waals surface area contributed by atoms with Crippen molar-refractivity contribution in [3.8, 4) is 0 Å². The Morgan fingerprint density at radius 1 is 1.38 bits per heavy atom. The fourth-order valence-electron chi connectivity index (χ4n) is 2.62. The average Bonchev–Trinajstić information content (AvgIpc) is 3.20. The highest BCUT2D eigenvalue weighted by atomic mass is 127. The summed E-state index contributed by atoms with van der Waals surface area (Å²) in [5.41, 5.74) is 0.443. The zero-order valence-corrected chi connectivity index (χ0v) is 21.0. The minimum atomic E-state index is -0.508. The summed E-state index contributed by atoms with van der Waals surface area (Å²) >= 11 is 1.61. The Kier molecular flexibility index (Phi) is 10.7. The van der Waals surface area contributed by atoms with Crippen LogP contribution in [0, 0.1) is 0 Å². The zero-order valence-electron chi connectivity index (χ0n) is 17.8. The number of guanidine groups is 1. The zero-order chi connectivity index (χ0) is 20.6. The van der Waals surface area contributed by atoms with E-state index in [1.165, 1.54) is 0 Å². The third kappa shape index (κ3) is 9.20. The number of alkyl carbamates (subject to hydrolysis) is 1. The van der Waals surface area contributed by atoms with Crippen molar-refractivity contribution < 1.29 is 9.53 Å². The number of aromatic nitrogens is 2. The number of fused-ring (bicyclic) bond motifs is 1. The number of imidazole rings is 1. The minimum absolute atomic E-state index is 0. The second-order valence-electron chi connectivity index (χ2n) is 7.62. The number of carbonyl (C=O) groups is 1. The van der Waals surface area contributed by atoms with Crippen LogP contribution in [0.2, 0.25) is 0 Å². The first-order chi connectivity index (χ1) is 13.3. The van der Waals surface area contributed by atoms with Crippen LogP contribution in [0.3, 0.4) is 0 Å². The van der Waals surface area contributed by atoms with Crippen LogP contribution in [0.4, 0.5) is 4.79 Å². The maximum Gasteiger partial charge on any atom is 0.407 e. The van der Waals surface area contributed by atoms with Crippen LogP contribution >= 0.6 is 35.3 Å². The van der Waals surface area contributed by atoms with Crippen LogP contribution in [-0.4, -0.2) is 46.7 Å². The molecule has 0 radical (unpaired) electrons. The van der Waals surface area contributed by atoms with E-state index in [1.807, 2.05) is 42.9 Å². The van der Waals surface area contributed by atoms with Gasteiger partial charge >= 0.3 is 6.09 Å². The first-order valence-electron chi connectivity index (χ1n) is 9.66. The summed E-state index contributed by atoms with van der Waals surface area (Å²) in [4.78, 5) is 21.8. The molecular weight excluding hydrogens is 503 g/mol. The summed E-state index contributed by atoms with van der Waals surface area (Å²) in [6.07, 6.45) is 6.66. The molecule has 0 fully saturated rings. The van der Waals surface area contributed by atoms with Crippen molar-refractivity contribution in [3.05, 3.63) is 23.5 Å². The maximum atomic E-state index is 11.9. The third-order valence-electron chi connectivity index (χ3n) is 3.94. The highest BCUT2D eigenvalue weighted by molar-refractivity contribution is 14.0. The number of nitrogens with one attached hydrogen (secondary N) is 3. The van der Waals surface area contributed by atoms with Crippen LogP contribution in [-0.2, 0) is 11.3 Å². The number of nitrogens with zero attached hydrogens (tertiary/aromatic N) is 3. The van der Waals surface area contributed by atoms with Gasteiger partial charge in [0.2, 0.25) is 0 Å². The van der Waals surface area contributed by atoms with Crippen LogP contribution in [0.1, 0.15) is 52.7 Å². The van der Waals surface area contributed by atoms with E-state index in [9.17, 15) is 4.79 Å². The van der Waals surface area contributed by atoms with Crippen LogP contribution in [0.15, 0.2) is 22.8 Å². The first kappa shape index (κ1) is 25.5. The maximum absolute atomic E-state index is 11.9. The fraction of sp³-hybridized carbons (Fsp3) is 0.632. The molecule has 29 heavy (non-hydrogen) atoms. The molecule has 0 saturated carbocycles. The highest BCUT2D eigenvalue weighted by Gasteiger charge is 2.18. The molecule has 10 heteroatoms. The number of unbranched alkanes of at least 4 members (excludes halogenated alkanes) is 1. The molecule has 0 spiro atoms. The lowest BCUT2D eigenvalue weighted by atomic mass is 10.1. The van der Waals surface area contributed by atoms with E-state index >= 15 is 0 Å². The Labute approximate surface area is 193 Å². The van der Waals surface area contributed by atoms with Gasteiger partial charge in [-0.25, -0.2) is 9.78 Å². The largest absolute Gasteiger partial charge is 0.444 e. The number of hydrogen-bond acceptors (Lipinski definition) is 5. The molecule has 0 bridgehead atoms. The number of thiazole rings is 1. The first-order valence-corrected chi connectivity index (χ1v) is 10.5. The normalized spacial score (nSPS) is 12.9. The van der Waals surface area contributed by atoms with E-state index in [0.29, 0.717) is 19.0 Å². The van der Waals surface area contributed by atoms with Gasteiger partial charge < -0.3 is 20.7 Å². The lowest BCUT2D eigenvalue weighted by Gasteiger charge is -2.24. The predicted octanol–water partition coefficient (Wildman–Crippen LogP) is 3.76. The number of hydrogen-bond donors (Lipinski definition) is 3. The topological polar surface area (TPSA) is 92.0 Å². The molecule has 1 atom stereocenters. The summed E-state index contributed by atoms with van der Waals surface area (Å²) in [6, 6.07) is 0.0594. The van der Waals surface area contributed by atoms with Crippen molar-refractivity contribution in [2.24, 2.45) is 4.99 Å². The van der Waals surface area contributed by atoms with Crippen LogP contribution < -0.4 is 16.0 Å². The van der Waals surface area contributed by atoms with Crippen molar-refractivity contribution >= 4 is 52.3 Å². The Bertz CT molecular complexity index is 755. The Morgan fingerprint density at radius 3 is 2.76 bits per heavy atom. The van der Waals surface area contributed by atoms with Gasteiger partial charge in [-0.05, 0) is 27.2 Å². The number of halogens is 1. The lowest BCUT2D eigenvalue weighted by Crippen LogP contribution is -2.48. The Balaban J connectivity index is 0.00000420. The van der Waals surface area contributed by atoms with Gasteiger partial charge in [0.05, 0.1) is 12.2 Å². The average molecular weight is 536 g/mol. The monoisotopic (exact) mass is 536 g/mol. The predicted molar refractivity (Wildman–Crippen MR) is 129 cm³/mol. The SMILES string of the molecule is CCCCC(CNC(=O)OC(C)(C)C)NC(=NC)NCc1cn2ccsc2n1.I. The van der Waals surface area contributed by atoms with E-state index in [1.54, 1.807) is 18.4 Å². The molecule has 2 rings (SSSR count). The molecule has 2 heterocycles. The third-order valence-corrected chi connectivity index (χ3v) is 4.71. The number of amides is 1. The van der Waals surface area contributed by atoms with Crippen molar-refractivity contribution in [1.29, 1.82) is 0 Å². The standard InChI is InChI=1S/C19H32N6O2S.HI/c1-6-7-8-14(11-22-18(26)27-19(2,3)4)23-16(20-5)21-12-15-13-25-9-10-28-17(25)24-15;/h9-10,13-14H,6-8,11-12H2,1-5H3,(H,22,26)(H2,20,21,23);1H. The summed E-state index contributed by atoms with van der Waals surface area (Å²) < 4.78 is 7.32. The Hall–Kier alpha value is -1.56.